The molecule has 1 saturated heterocycles. The van der Waals surface area contributed by atoms with Crippen molar-refractivity contribution in [3.8, 4) is 0 Å². The smallest absolute Gasteiger partial charge is 0.321 e. The Morgan fingerprint density at radius 2 is 2.11 bits per heavy atom. The Hall–Kier alpha value is -1.55. The summed E-state index contributed by atoms with van der Waals surface area (Å²) >= 11 is 0. The molecule has 4 nitrogen and oxygen atoms in total. The SMILES string of the molecule is O=C(Nc1cccc2c1CNCC2)N1CCCC1. The molecule has 1 aromatic rings. The highest BCUT2D eigenvalue weighted by Gasteiger charge is 2.20. The minimum Gasteiger partial charge on any atom is -0.325 e. The molecule has 3 rings (SSSR count). The summed E-state index contributed by atoms with van der Waals surface area (Å²) in [6.07, 6.45) is 3.30. The molecule has 2 aliphatic rings. The number of anilines is 1. The molecular formula is C14H19N3O. The van der Waals surface area contributed by atoms with Crippen LogP contribution in [0.25, 0.3) is 0 Å². The number of carbonyl (C=O) groups excluding carboxylic acids is 1. The second kappa shape index (κ2) is 4.98. The van der Waals surface area contributed by atoms with Gasteiger partial charge >= 0.3 is 6.03 Å². The zero-order valence-corrected chi connectivity index (χ0v) is 10.5. The Kier molecular flexibility index (Phi) is 3.19. The number of urea groups is 1. The van der Waals surface area contributed by atoms with Gasteiger partial charge in [0.15, 0.2) is 0 Å². The molecule has 0 aliphatic carbocycles. The topological polar surface area (TPSA) is 44.4 Å². The maximum atomic E-state index is 12.1. The van der Waals surface area contributed by atoms with E-state index < -0.39 is 0 Å². The number of hydrogen-bond acceptors (Lipinski definition) is 2. The summed E-state index contributed by atoms with van der Waals surface area (Å²) in [5, 5.41) is 6.42. The zero-order chi connectivity index (χ0) is 12.4. The van der Waals surface area contributed by atoms with E-state index in [1.54, 1.807) is 0 Å². The number of amides is 2. The molecule has 2 N–H and O–H groups in total. The molecule has 0 bridgehead atoms. The van der Waals surface area contributed by atoms with Crippen LogP contribution in [0.3, 0.4) is 0 Å². The maximum Gasteiger partial charge on any atom is 0.321 e. The van der Waals surface area contributed by atoms with Crippen molar-refractivity contribution in [3.05, 3.63) is 29.3 Å². The number of rotatable bonds is 1. The van der Waals surface area contributed by atoms with Crippen LogP contribution in [0.5, 0.6) is 0 Å². The van der Waals surface area contributed by atoms with E-state index in [1.807, 2.05) is 17.0 Å². The highest BCUT2D eigenvalue weighted by Crippen LogP contribution is 2.23. The number of fused-ring (bicyclic) bond motifs is 1. The fraction of sp³-hybridized carbons (Fsp3) is 0.500. The number of benzene rings is 1. The Labute approximate surface area is 107 Å². The van der Waals surface area contributed by atoms with Crippen molar-refractivity contribution in [2.24, 2.45) is 0 Å². The molecule has 1 aromatic carbocycles. The predicted molar refractivity (Wildman–Crippen MR) is 71.7 cm³/mol. The molecule has 0 unspecified atom stereocenters. The zero-order valence-electron chi connectivity index (χ0n) is 10.5. The van der Waals surface area contributed by atoms with Crippen molar-refractivity contribution in [3.63, 3.8) is 0 Å². The van der Waals surface area contributed by atoms with E-state index in [0.717, 1.165) is 51.1 Å². The average Bonchev–Trinajstić information content (AvgIpc) is 2.93. The van der Waals surface area contributed by atoms with Crippen LogP contribution in [-0.2, 0) is 13.0 Å². The van der Waals surface area contributed by atoms with Gasteiger partial charge in [-0.3, -0.25) is 0 Å². The van der Waals surface area contributed by atoms with E-state index in [4.69, 9.17) is 0 Å². The number of nitrogens with zero attached hydrogens (tertiary/aromatic N) is 1. The summed E-state index contributed by atoms with van der Waals surface area (Å²) in [5.41, 5.74) is 3.57. The quantitative estimate of drug-likeness (QED) is 0.794. The molecule has 2 amide bonds. The summed E-state index contributed by atoms with van der Waals surface area (Å²) < 4.78 is 0. The molecule has 96 valence electrons. The van der Waals surface area contributed by atoms with Gasteiger partial charge in [-0.05, 0) is 43.0 Å². The monoisotopic (exact) mass is 245 g/mol. The van der Waals surface area contributed by atoms with Gasteiger partial charge in [0, 0.05) is 25.3 Å². The van der Waals surface area contributed by atoms with E-state index in [2.05, 4.69) is 16.7 Å². The third-order valence-corrected chi connectivity index (χ3v) is 3.78. The summed E-state index contributed by atoms with van der Waals surface area (Å²) in [4.78, 5) is 14.0. The third kappa shape index (κ3) is 2.20. The Balaban J connectivity index is 1.77. The fourth-order valence-electron chi connectivity index (χ4n) is 2.75. The molecule has 0 saturated carbocycles. The Morgan fingerprint density at radius 1 is 1.28 bits per heavy atom. The second-order valence-electron chi connectivity index (χ2n) is 4.99. The summed E-state index contributed by atoms with van der Waals surface area (Å²) in [6, 6.07) is 6.23. The van der Waals surface area contributed by atoms with E-state index in [1.165, 1.54) is 11.1 Å². The van der Waals surface area contributed by atoms with Crippen molar-refractivity contribution < 1.29 is 4.79 Å². The number of hydrogen-bond donors (Lipinski definition) is 2. The van der Waals surface area contributed by atoms with Gasteiger partial charge in [-0.25, -0.2) is 4.79 Å². The van der Waals surface area contributed by atoms with Gasteiger partial charge in [0.1, 0.15) is 0 Å². The van der Waals surface area contributed by atoms with Crippen LogP contribution in [0.1, 0.15) is 24.0 Å². The van der Waals surface area contributed by atoms with Gasteiger partial charge < -0.3 is 15.5 Å². The van der Waals surface area contributed by atoms with Gasteiger partial charge in [0.25, 0.3) is 0 Å². The molecule has 0 atom stereocenters. The lowest BCUT2D eigenvalue weighted by atomic mass is 9.99. The average molecular weight is 245 g/mol. The standard InChI is InChI=1S/C14H19N3O/c18-14(17-8-1-2-9-17)16-13-5-3-4-11-6-7-15-10-12(11)13/h3-5,15H,1-2,6-10H2,(H,16,18). The van der Waals surface area contributed by atoms with Gasteiger partial charge in [0.05, 0.1) is 0 Å². The van der Waals surface area contributed by atoms with E-state index in [-0.39, 0.29) is 6.03 Å². The molecule has 0 radical (unpaired) electrons. The van der Waals surface area contributed by atoms with Crippen molar-refractivity contribution in [1.82, 2.24) is 10.2 Å². The van der Waals surface area contributed by atoms with Crippen LogP contribution in [0.4, 0.5) is 10.5 Å². The van der Waals surface area contributed by atoms with Gasteiger partial charge in [-0.1, -0.05) is 12.1 Å². The predicted octanol–water partition coefficient (Wildman–Crippen LogP) is 1.96. The number of carbonyl (C=O) groups is 1. The summed E-state index contributed by atoms with van der Waals surface area (Å²) in [6.45, 7) is 3.65. The largest absolute Gasteiger partial charge is 0.325 e. The van der Waals surface area contributed by atoms with Crippen molar-refractivity contribution in [2.45, 2.75) is 25.8 Å². The van der Waals surface area contributed by atoms with Crippen molar-refractivity contribution in [2.75, 3.05) is 25.0 Å². The van der Waals surface area contributed by atoms with Crippen LogP contribution >= 0.6 is 0 Å². The lowest BCUT2D eigenvalue weighted by Crippen LogP contribution is -2.33. The van der Waals surface area contributed by atoms with Crippen LogP contribution < -0.4 is 10.6 Å². The van der Waals surface area contributed by atoms with Crippen molar-refractivity contribution in [1.29, 1.82) is 0 Å². The Morgan fingerprint density at radius 3 is 2.94 bits per heavy atom. The molecule has 0 aromatic heterocycles. The maximum absolute atomic E-state index is 12.1. The van der Waals surface area contributed by atoms with Gasteiger partial charge in [-0.2, -0.15) is 0 Å². The summed E-state index contributed by atoms with van der Waals surface area (Å²) in [5.74, 6) is 0. The lowest BCUT2D eigenvalue weighted by molar-refractivity contribution is 0.222. The van der Waals surface area contributed by atoms with Crippen LogP contribution in [0.2, 0.25) is 0 Å². The Bertz CT molecular complexity index is 452. The van der Waals surface area contributed by atoms with Crippen molar-refractivity contribution >= 4 is 11.7 Å². The van der Waals surface area contributed by atoms with Crippen LogP contribution in [0.15, 0.2) is 18.2 Å². The first-order chi connectivity index (χ1) is 8.84. The van der Waals surface area contributed by atoms with E-state index in [0.29, 0.717) is 0 Å². The molecule has 18 heavy (non-hydrogen) atoms. The third-order valence-electron chi connectivity index (χ3n) is 3.78. The first-order valence-corrected chi connectivity index (χ1v) is 6.72. The first-order valence-electron chi connectivity index (χ1n) is 6.72. The molecule has 0 spiro atoms. The number of nitrogens with one attached hydrogen (secondary N) is 2. The second-order valence-corrected chi connectivity index (χ2v) is 4.99. The molecule has 4 heteroatoms. The molecule has 2 heterocycles. The molecule has 2 aliphatic heterocycles. The first kappa shape index (κ1) is 11.5. The lowest BCUT2D eigenvalue weighted by Gasteiger charge is -2.22. The minimum atomic E-state index is 0.0477. The molecule has 1 fully saturated rings. The van der Waals surface area contributed by atoms with Crippen LogP contribution in [-0.4, -0.2) is 30.6 Å². The van der Waals surface area contributed by atoms with Crippen LogP contribution in [0, 0.1) is 0 Å². The molecular weight excluding hydrogens is 226 g/mol. The highest BCUT2D eigenvalue weighted by molar-refractivity contribution is 5.90. The van der Waals surface area contributed by atoms with E-state index in [9.17, 15) is 4.79 Å². The highest BCUT2D eigenvalue weighted by atomic mass is 16.2. The minimum absolute atomic E-state index is 0.0477. The summed E-state index contributed by atoms with van der Waals surface area (Å²) in [7, 11) is 0. The fourth-order valence-corrected chi connectivity index (χ4v) is 2.75. The van der Waals surface area contributed by atoms with Gasteiger partial charge in [-0.15, -0.1) is 0 Å². The normalized spacial score (nSPS) is 18.6. The van der Waals surface area contributed by atoms with E-state index >= 15 is 0 Å². The van der Waals surface area contributed by atoms with Gasteiger partial charge in [0.2, 0.25) is 0 Å². The number of likely N-dealkylation sites (tertiary alicyclic amines) is 1.